The summed E-state index contributed by atoms with van der Waals surface area (Å²) in [5.41, 5.74) is 0. The zero-order valence-electron chi connectivity index (χ0n) is 12.9. The second kappa shape index (κ2) is 7.66. The Morgan fingerprint density at radius 3 is 0.917 bits per heavy atom. The molecule has 0 saturated heterocycles. The Morgan fingerprint density at radius 1 is 0.500 bits per heavy atom. The molecule has 0 fully saturated rings. The first-order valence-electron chi connectivity index (χ1n) is 7.15. The summed E-state index contributed by atoms with van der Waals surface area (Å²) < 4.78 is 39.9. The molecule has 0 saturated carbocycles. The Balaban J connectivity index is 0.00000208. The van der Waals surface area contributed by atoms with Crippen molar-refractivity contribution in [2.75, 3.05) is 6.66 Å². The van der Waals surface area contributed by atoms with Crippen molar-refractivity contribution in [1.82, 2.24) is 0 Å². The number of rotatable bonds is 3. The normalized spacial score (nSPS) is 11.0. The summed E-state index contributed by atoms with van der Waals surface area (Å²) in [6.45, 7) is 2.07. The SMILES string of the molecule is C[P+](c1ccc(F)cc1)(c1ccc(F)cc1)c1ccc(F)cc1.I. The van der Waals surface area contributed by atoms with Crippen LogP contribution in [-0.4, -0.2) is 6.66 Å². The predicted molar refractivity (Wildman–Crippen MR) is 106 cm³/mol. The highest BCUT2D eigenvalue weighted by Gasteiger charge is 2.40. The molecule has 0 bridgehead atoms. The van der Waals surface area contributed by atoms with Gasteiger partial charge in [0, 0.05) is 0 Å². The van der Waals surface area contributed by atoms with E-state index in [4.69, 9.17) is 0 Å². The third-order valence-corrected chi connectivity index (χ3v) is 8.02. The average Bonchev–Trinajstić information content (AvgIpc) is 2.56. The van der Waals surface area contributed by atoms with E-state index in [0.717, 1.165) is 15.9 Å². The molecule has 5 heteroatoms. The molecule has 0 atom stereocenters. The number of halogens is 4. The zero-order chi connectivity index (χ0) is 16.4. The van der Waals surface area contributed by atoms with Gasteiger partial charge >= 0.3 is 0 Å². The van der Waals surface area contributed by atoms with Crippen LogP contribution in [0.5, 0.6) is 0 Å². The van der Waals surface area contributed by atoms with Gasteiger partial charge in [-0.2, -0.15) is 0 Å². The summed E-state index contributed by atoms with van der Waals surface area (Å²) in [4.78, 5) is 0. The third kappa shape index (κ3) is 3.65. The molecule has 3 rings (SSSR count). The first kappa shape index (κ1) is 18.9. The number of hydrogen-bond donors (Lipinski definition) is 0. The summed E-state index contributed by atoms with van der Waals surface area (Å²) >= 11 is 0. The van der Waals surface area contributed by atoms with Crippen molar-refractivity contribution in [3.63, 3.8) is 0 Å². The highest BCUT2D eigenvalue weighted by Crippen LogP contribution is 2.51. The van der Waals surface area contributed by atoms with Crippen LogP contribution in [0.2, 0.25) is 0 Å². The van der Waals surface area contributed by atoms with E-state index in [9.17, 15) is 13.2 Å². The highest BCUT2D eigenvalue weighted by atomic mass is 127. The molecule has 3 aromatic carbocycles. The van der Waals surface area contributed by atoms with Crippen LogP contribution in [0.15, 0.2) is 72.8 Å². The van der Waals surface area contributed by atoms with Gasteiger partial charge in [0.05, 0.1) is 6.66 Å². The molecule has 124 valence electrons. The molecule has 3 aromatic rings. The fourth-order valence-electron chi connectivity index (χ4n) is 2.66. The van der Waals surface area contributed by atoms with Crippen LogP contribution in [0, 0.1) is 17.5 Å². The minimum absolute atomic E-state index is 0. The first-order valence-corrected chi connectivity index (χ1v) is 9.39. The van der Waals surface area contributed by atoms with Gasteiger partial charge in [-0.3, -0.25) is 0 Å². The maximum absolute atomic E-state index is 13.3. The Hall–Kier alpha value is -1.39. The summed E-state index contributed by atoms with van der Waals surface area (Å²) in [5.74, 6) is -0.921. The summed E-state index contributed by atoms with van der Waals surface area (Å²) in [7, 11) is -2.09. The first-order chi connectivity index (χ1) is 11.0. The lowest BCUT2D eigenvalue weighted by Crippen LogP contribution is -2.30. The van der Waals surface area contributed by atoms with Gasteiger partial charge in [0.2, 0.25) is 0 Å². The van der Waals surface area contributed by atoms with E-state index in [0.29, 0.717) is 0 Å². The van der Waals surface area contributed by atoms with E-state index in [-0.39, 0.29) is 41.4 Å². The highest BCUT2D eigenvalue weighted by molar-refractivity contribution is 14.0. The minimum Gasteiger partial charge on any atom is -0.207 e. The zero-order valence-corrected chi connectivity index (χ0v) is 16.1. The van der Waals surface area contributed by atoms with E-state index in [2.05, 4.69) is 6.66 Å². The van der Waals surface area contributed by atoms with Crippen molar-refractivity contribution in [3.8, 4) is 0 Å². The predicted octanol–water partition coefficient (Wildman–Crippen LogP) is 4.65. The van der Waals surface area contributed by atoms with Crippen LogP contribution in [0.25, 0.3) is 0 Å². The third-order valence-electron chi connectivity index (χ3n) is 4.03. The van der Waals surface area contributed by atoms with E-state index in [1.807, 2.05) is 0 Å². The second-order valence-electron chi connectivity index (χ2n) is 5.44. The van der Waals surface area contributed by atoms with Crippen LogP contribution in [0.1, 0.15) is 0 Å². The molecule has 0 heterocycles. The molecular weight excluding hydrogens is 443 g/mol. The summed E-state index contributed by atoms with van der Waals surface area (Å²) in [6.07, 6.45) is 0. The van der Waals surface area contributed by atoms with Crippen molar-refractivity contribution >= 4 is 47.2 Å². The smallest absolute Gasteiger partial charge is 0.123 e. The Kier molecular flexibility index (Phi) is 6.05. The van der Waals surface area contributed by atoms with Crippen LogP contribution < -0.4 is 15.9 Å². The number of benzene rings is 3. The maximum atomic E-state index is 13.3. The maximum Gasteiger partial charge on any atom is 0.123 e. The van der Waals surface area contributed by atoms with Crippen LogP contribution in [0.3, 0.4) is 0 Å². The molecule has 0 amide bonds. The van der Waals surface area contributed by atoms with E-state index >= 15 is 0 Å². The van der Waals surface area contributed by atoms with Gasteiger partial charge in [0.25, 0.3) is 0 Å². The molecule has 0 unspecified atom stereocenters. The molecule has 0 aliphatic carbocycles. The van der Waals surface area contributed by atoms with Crippen LogP contribution in [-0.2, 0) is 0 Å². The minimum atomic E-state index is -2.09. The number of hydrogen-bond acceptors (Lipinski definition) is 0. The lowest BCUT2D eigenvalue weighted by Gasteiger charge is -2.23. The summed E-state index contributed by atoms with van der Waals surface area (Å²) in [5, 5.41) is 2.87. The monoisotopic (exact) mass is 459 g/mol. The molecule has 0 aromatic heterocycles. The molecule has 0 N–H and O–H groups in total. The second-order valence-corrected chi connectivity index (χ2v) is 9.00. The molecule has 0 spiro atoms. The Bertz CT molecular complexity index is 689. The van der Waals surface area contributed by atoms with Gasteiger partial charge in [-0.1, -0.05) is 0 Å². The van der Waals surface area contributed by atoms with Gasteiger partial charge < -0.3 is 0 Å². The molecule has 0 aliphatic heterocycles. The Morgan fingerprint density at radius 2 is 0.708 bits per heavy atom. The van der Waals surface area contributed by atoms with Crippen molar-refractivity contribution in [1.29, 1.82) is 0 Å². The van der Waals surface area contributed by atoms with Gasteiger partial charge in [-0.25, -0.2) is 13.2 Å². The quantitative estimate of drug-likeness (QED) is 0.396. The van der Waals surface area contributed by atoms with Gasteiger partial charge in [-0.05, 0) is 72.8 Å². The topological polar surface area (TPSA) is 0 Å². The van der Waals surface area contributed by atoms with E-state index < -0.39 is 7.26 Å². The van der Waals surface area contributed by atoms with Gasteiger partial charge in [0.15, 0.2) is 0 Å². The summed E-state index contributed by atoms with van der Waals surface area (Å²) in [6, 6.07) is 19.0. The molecule has 0 aliphatic rings. The van der Waals surface area contributed by atoms with Gasteiger partial charge in [-0.15, -0.1) is 24.0 Å². The van der Waals surface area contributed by atoms with Crippen molar-refractivity contribution < 1.29 is 13.2 Å². The van der Waals surface area contributed by atoms with Crippen molar-refractivity contribution in [3.05, 3.63) is 90.2 Å². The van der Waals surface area contributed by atoms with Gasteiger partial charge in [0.1, 0.15) is 40.6 Å². The van der Waals surface area contributed by atoms with Crippen LogP contribution >= 0.6 is 31.2 Å². The molecule has 24 heavy (non-hydrogen) atoms. The van der Waals surface area contributed by atoms with E-state index in [1.165, 1.54) is 36.4 Å². The average molecular weight is 459 g/mol. The molecule has 0 nitrogen and oxygen atoms in total. The fraction of sp³-hybridized carbons (Fsp3) is 0.0526. The lowest BCUT2D eigenvalue weighted by atomic mass is 10.3. The largest absolute Gasteiger partial charge is 0.207 e. The molecule has 0 radical (unpaired) electrons. The van der Waals surface area contributed by atoms with E-state index in [1.54, 1.807) is 36.4 Å². The lowest BCUT2D eigenvalue weighted by molar-refractivity contribution is 0.628. The fourth-order valence-corrected chi connectivity index (χ4v) is 5.80. The Labute approximate surface area is 157 Å². The molecular formula is C19H16F3IP+. The standard InChI is InChI=1S/C19H15F3P.HI/c1-23(17-8-2-14(20)3-9-17,18-10-4-15(21)5-11-18)19-12-6-16(22)7-13-19;/h2-13H,1H3;1H/q+1;. The van der Waals surface area contributed by atoms with Crippen molar-refractivity contribution in [2.45, 2.75) is 0 Å². The van der Waals surface area contributed by atoms with Crippen molar-refractivity contribution in [2.24, 2.45) is 0 Å². The van der Waals surface area contributed by atoms with Crippen LogP contribution in [0.4, 0.5) is 13.2 Å².